The monoisotopic (exact) mass is 541 g/mol. The first-order valence-electron chi connectivity index (χ1n) is 13.8. The Kier molecular flexibility index (Phi) is 4.77. The molecular formula is C37H23N3S. The first-order chi connectivity index (χ1) is 20.3. The van der Waals surface area contributed by atoms with Crippen LogP contribution in [0.5, 0.6) is 0 Å². The van der Waals surface area contributed by atoms with E-state index in [1.807, 2.05) is 0 Å². The standard InChI is InChI=1S/C37H23N3S/c1-2-12-25(13-3-1)39-32-18-7-4-15-27(32)29-23-35-30(22-34(29)39)28-16-5-8-19-33(28)40(35)26-14-10-11-24(21-26)37-38-31-17-6-9-20-36(31)41-37/h1-23H. The van der Waals surface area contributed by atoms with Crippen molar-refractivity contribution in [1.82, 2.24) is 14.1 Å². The molecule has 3 heterocycles. The summed E-state index contributed by atoms with van der Waals surface area (Å²) < 4.78 is 6.02. The Labute approximate surface area is 240 Å². The molecule has 3 nitrogen and oxygen atoms in total. The largest absolute Gasteiger partial charge is 0.309 e. The minimum Gasteiger partial charge on any atom is -0.309 e. The van der Waals surface area contributed by atoms with E-state index < -0.39 is 0 Å². The Hall–Kier alpha value is -5.19. The minimum absolute atomic E-state index is 1.04. The van der Waals surface area contributed by atoms with Gasteiger partial charge in [0.2, 0.25) is 0 Å². The minimum atomic E-state index is 1.04. The van der Waals surface area contributed by atoms with E-state index in [-0.39, 0.29) is 0 Å². The van der Waals surface area contributed by atoms with Crippen LogP contribution in [0.15, 0.2) is 140 Å². The van der Waals surface area contributed by atoms with Crippen molar-refractivity contribution < 1.29 is 0 Å². The van der Waals surface area contributed by atoms with Crippen molar-refractivity contribution in [3.05, 3.63) is 140 Å². The molecule has 3 aromatic heterocycles. The molecule has 0 saturated heterocycles. The van der Waals surface area contributed by atoms with E-state index in [0.717, 1.165) is 21.8 Å². The Morgan fingerprint density at radius 1 is 0.439 bits per heavy atom. The molecule has 0 aliphatic rings. The molecule has 9 aromatic rings. The predicted molar refractivity (Wildman–Crippen MR) is 174 cm³/mol. The van der Waals surface area contributed by atoms with Gasteiger partial charge in [0.05, 0.1) is 32.3 Å². The summed E-state index contributed by atoms with van der Waals surface area (Å²) in [5.41, 5.74) is 9.34. The molecule has 0 radical (unpaired) electrons. The lowest BCUT2D eigenvalue weighted by Gasteiger charge is -2.10. The number of thiazole rings is 1. The highest BCUT2D eigenvalue weighted by Crippen LogP contribution is 2.40. The molecule has 0 aliphatic heterocycles. The highest BCUT2D eigenvalue weighted by atomic mass is 32.1. The van der Waals surface area contributed by atoms with Crippen LogP contribution in [0.2, 0.25) is 0 Å². The van der Waals surface area contributed by atoms with Crippen molar-refractivity contribution >= 4 is 65.2 Å². The van der Waals surface area contributed by atoms with Crippen LogP contribution in [0.25, 0.3) is 75.8 Å². The topological polar surface area (TPSA) is 22.8 Å². The molecule has 0 saturated carbocycles. The molecule has 0 amide bonds. The fourth-order valence-corrected chi connectivity index (χ4v) is 7.30. The summed E-state index contributed by atoms with van der Waals surface area (Å²) in [5, 5.41) is 6.05. The molecule has 41 heavy (non-hydrogen) atoms. The van der Waals surface area contributed by atoms with Gasteiger partial charge >= 0.3 is 0 Å². The lowest BCUT2D eigenvalue weighted by atomic mass is 10.1. The quantitative estimate of drug-likeness (QED) is 0.218. The van der Waals surface area contributed by atoms with Gasteiger partial charge in [-0.3, -0.25) is 0 Å². The fraction of sp³-hybridized carbons (Fsp3) is 0. The highest BCUT2D eigenvalue weighted by molar-refractivity contribution is 7.21. The number of fused-ring (bicyclic) bond motifs is 7. The van der Waals surface area contributed by atoms with Crippen molar-refractivity contribution in [2.24, 2.45) is 0 Å². The predicted octanol–water partition coefficient (Wildman–Crippen LogP) is 10.2. The molecule has 0 unspecified atom stereocenters. The van der Waals surface area contributed by atoms with Crippen molar-refractivity contribution in [3.63, 3.8) is 0 Å². The van der Waals surface area contributed by atoms with E-state index in [2.05, 4.69) is 149 Å². The van der Waals surface area contributed by atoms with Crippen LogP contribution in [0, 0.1) is 0 Å². The Balaban J connectivity index is 1.35. The summed E-state index contributed by atoms with van der Waals surface area (Å²) in [5.74, 6) is 0. The van der Waals surface area contributed by atoms with Gasteiger partial charge < -0.3 is 9.13 Å². The summed E-state index contributed by atoms with van der Waals surface area (Å²) >= 11 is 1.74. The number of aromatic nitrogens is 3. The molecule has 0 N–H and O–H groups in total. The van der Waals surface area contributed by atoms with Gasteiger partial charge in [-0.25, -0.2) is 4.98 Å². The lowest BCUT2D eigenvalue weighted by Crippen LogP contribution is -1.95. The van der Waals surface area contributed by atoms with E-state index in [4.69, 9.17) is 4.98 Å². The molecule has 192 valence electrons. The zero-order valence-electron chi connectivity index (χ0n) is 22.0. The maximum atomic E-state index is 4.94. The second kappa shape index (κ2) is 8.65. The van der Waals surface area contributed by atoms with Gasteiger partial charge in [-0.05, 0) is 60.7 Å². The summed E-state index contributed by atoms with van der Waals surface area (Å²) in [4.78, 5) is 4.94. The van der Waals surface area contributed by atoms with Crippen molar-refractivity contribution in [1.29, 1.82) is 0 Å². The van der Waals surface area contributed by atoms with Gasteiger partial charge in [-0.15, -0.1) is 11.3 Å². The molecule has 6 aromatic carbocycles. The van der Waals surface area contributed by atoms with Gasteiger partial charge in [0.1, 0.15) is 5.01 Å². The number of nitrogens with zero attached hydrogens (tertiary/aromatic N) is 3. The lowest BCUT2D eigenvalue weighted by molar-refractivity contribution is 1.17. The summed E-state index contributed by atoms with van der Waals surface area (Å²) in [7, 11) is 0. The van der Waals surface area contributed by atoms with E-state index in [1.165, 1.54) is 54.0 Å². The molecule has 0 atom stereocenters. The average Bonchev–Trinajstić information content (AvgIpc) is 3.70. The zero-order chi connectivity index (χ0) is 26.9. The number of para-hydroxylation sites is 4. The third-order valence-electron chi connectivity index (χ3n) is 8.13. The molecule has 0 bridgehead atoms. The number of rotatable bonds is 3. The normalized spacial score (nSPS) is 11.9. The molecule has 0 aliphatic carbocycles. The van der Waals surface area contributed by atoms with Gasteiger partial charge in [-0.1, -0.05) is 78.9 Å². The SMILES string of the molecule is c1ccc(-n2c3ccccc3c3cc4c(cc32)c2ccccc2n4-c2cccc(-c3nc4ccccc4s3)c2)cc1. The Morgan fingerprint density at radius 3 is 1.73 bits per heavy atom. The highest BCUT2D eigenvalue weighted by Gasteiger charge is 2.18. The summed E-state index contributed by atoms with van der Waals surface area (Å²) in [6, 6.07) is 50.1. The molecule has 0 spiro atoms. The number of hydrogen-bond donors (Lipinski definition) is 0. The molecule has 4 heteroatoms. The third-order valence-corrected chi connectivity index (χ3v) is 9.21. The molecule has 0 fully saturated rings. The first kappa shape index (κ1) is 22.6. The second-order valence-corrected chi connectivity index (χ2v) is 11.5. The average molecular weight is 542 g/mol. The third kappa shape index (κ3) is 3.35. The van der Waals surface area contributed by atoms with Crippen LogP contribution in [-0.4, -0.2) is 14.1 Å². The Morgan fingerprint density at radius 2 is 1.02 bits per heavy atom. The first-order valence-corrected chi connectivity index (χ1v) is 14.6. The maximum Gasteiger partial charge on any atom is 0.124 e. The fourth-order valence-electron chi connectivity index (χ4n) is 6.34. The Bertz CT molecular complexity index is 2390. The van der Waals surface area contributed by atoms with Crippen molar-refractivity contribution in [2.75, 3.05) is 0 Å². The van der Waals surface area contributed by atoms with Crippen molar-refractivity contribution in [2.45, 2.75) is 0 Å². The maximum absolute atomic E-state index is 4.94. The molecular weight excluding hydrogens is 518 g/mol. The van der Waals surface area contributed by atoms with Crippen molar-refractivity contribution in [3.8, 4) is 21.9 Å². The number of benzene rings is 6. The summed E-state index contributed by atoms with van der Waals surface area (Å²) in [6.45, 7) is 0. The van der Waals surface area contributed by atoms with E-state index in [9.17, 15) is 0 Å². The van der Waals surface area contributed by atoms with Crippen LogP contribution in [0.4, 0.5) is 0 Å². The summed E-state index contributed by atoms with van der Waals surface area (Å²) in [6.07, 6.45) is 0. The zero-order valence-corrected chi connectivity index (χ0v) is 22.8. The van der Waals surface area contributed by atoms with E-state index in [0.29, 0.717) is 0 Å². The number of hydrogen-bond acceptors (Lipinski definition) is 2. The van der Waals surface area contributed by atoms with Gasteiger partial charge in [0.15, 0.2) is 0 Å². The van der Waals surface area contributed by atoms with Crippen LogP contribution >= 0.6 is 11.3 Å². The van der Waals surface area contributed by atoms with E-state index >= 15 is 0 Å². The molecule has 9 rings (SSSR count). The van der Waals surface area contributed by atoms with Crippen LogP contribution in [-0.2, 0) is 0 Å². The smallest absolute Gasteiger partial charge is 0.124 e. The van der Waals surface area contributed by atoms with Gasteiger partial charge in [0, 0.05) is 38.5 Å². The van der Waals surface area contributed by atoms with Gasteiger partial charge in [-0.2, -0.15) is 0 Å². The van der Waals surface area contributed by atoms with Crippen LogP contribution < -0.4 is 0 Å². The second-order valence-electron chi connectivity index (χ2n) is 10.5. The van der Waals surface area contributed by atoms with E-state index in [1.54, 1.807) is 11.3 Å². The van der Waals surface area contributed by atoms with Crippen LogP contribution in [0.1, 0.15) is 0 Å². The van der Waals surface area contributed by atoms with Gasteiger partial charge in [0.25, 0.3) is 0 Å². The van der Waals surface area contributed by atoms with Crippen LogP contribution in [0.3, 0.4) is 0 Å².